The fourth-order valence-corrected chi connectivity index (χ4v) is 5.97. The molecule has 0 atom stereocenters. The van der Waals surface area contributed by atoms with E-state index in [4.69, 9.17) is 0 Å². The first-order valence-corrected chi connectivity index (χ1v) is 13.1. The lowest BCUT2D eigenvalue weighted by molar-refractivity contribution is -0.143. The lowest BCUT2D eigenvalue weighted by Gasteiger charge is -2.26. The molecule has 1 aliphatic carbocycles. The molecular weight excluding hydrogens is 563 g/mol. The van der Waals surface area contributed by atoms with E-state index in [1.165, 1.54) is 6.07 Å². The van der Waals surface area contributed by atoms with Crippen LogP contribution in [0.1, 0.15) is 47.3 Å². The highest BCUT2D eigenvalue weighted by molar-refractivity contribution is 9.10. The number of benzene rings is 2. The van der Waals surface area contributed by atoms with Gasteiger partial charge < -0.3 is 15.0 Å². The highest BCUT2D eigenvalue weighted by Crippen LogP contribution is 2.41. The van der Waals surface area contributed by atoms with Crippen molar-refractivity contribution in [3.05, 3.63) is 76.2 Å². The molecule has 0 spiro atoms. The number of alkyl halides is 3. The summed E-state index contributed by atoms with van der Waals surface area (Å²) < 4.78 is 44.2. The number of carboxylic acid groups (broad SMARTS) is 1. The number of carbonyl (C=O) groups is 2. The van der Waals surface area contributed by atoms with Gasteiger partial charge in [-0.25, -0.2) is 0 Å². The third-order valence-electron chi connectivity index (χ3n) is 7.28. The maximum Gasteiger partial charge on any atom is 0.418 e. The van der Waals surface area contributed by atoms with Crippen LogP contribution in [0.2, 0.25) is 0 Å². The lowest BCUT2D eigenvalue weighted by Crippen LogP contribution is -2.34. The van der Waals surface area contributed by atoms with Crippen molar-refractivity contribution >= 4 is 49.5 Å². The van der Waals surface area contributed by atoms with Gasteiger partial charge in [-0.15, -0.1) is 0 Å². The van der Waals surface area contributed by atoms with Crippen molar-refractivity contribution in [2.45, 2.75) is 38.4 Å². The predicted octanol–water partition coefficient (Wildman–Crippen LogP) is 6.64. The minimum absolute atomic E-state index is 0.0140. The zero-order valence-corrected chi connectivity index (χ0v) is 21.8. The highest BCUT2D eigenvalue weighted by Gasteiger charge is 2.40. The van der Waals surface area contributed by atoms with Crippen LogP contribution in [-0.4, -0.2) is 33.1 Å². The number of hydrogen-bond acceptors (Lipinski definition) is 3. The van der Waals surface area contributed by atoms with Gasteiger partial charge in [0, 0.05) is 34.2 Å². The first kappa shape index (κ1) is 26.2. The molecule has 1 aliphatic rings. The number of hydrogen-bond donors (Lipinski definition) is 2. The average Bonchev–Trinajstić information content (AvgIpc) is 3.27. The number of rotatable bonds is 6. The van der Waals surface area contributed by atoms with Crippen molar-refractivity contribution in [1.29, 1.82) is 0 Å². The molecule has 2 N–H and O–H groups in total. The van der Waals surface area contributed by atoms with Crippen LogP contribution >= 0.6 is 15.9 Å². The second-order valence-electron chi connectivity index (χ2n) is 9.78. The van der Waals surface area contributed by atoms with Gasteiger partial charge in [-0.05, 0) is 55.2 Å². The van der Waals surface area contributed by atoms with E-state index in [1.807, 2.05) is 30.3 Å². The van der Waals surface area contributed by atoms with Gasteiger partial charge in [0.2, 0.25) is 0 Å². The molecule has 1 fully saturated rings. The molecule has 0 radical (unpaired) electrons. The van der Waals surface area contributed by atoms with Crippen molar-refractivity contribution in [1.82, 2.24) is 14.9 Å². The van der Waals surface area contributed by atoms with Crippen molar-refractivity contribution in [3.63, 3.8) is 0 Å². The SMILES string of the molecule is O=C(NCC1CCC(C(=O)O)CC1)c1c(C(F)(F)F)c(Br)cc2ccn(Cc3cc4ccccc4cn3)c12. The monoisotopic (exact) mass is 587 g/mol. The minimum Gasteiger partial charge on any atom is -0.481 e. The van der Waals surface area contributed by atoms with E-state index >= 15 is 0 Å². The quantitative estimate of drug-likeness (QED) is 0.265. The van der Waals surface area contributed by atoms with Gasteiger partial charge >= 0.3 is 12.1 Å². The van der Waals surface area contributed by atoms with Gasteiger partial charge in [0.05, 0.1) is 34.8 Å². The molecule has 6 nitrogen and oxygen atoms in total. The number of aliphatic carboxylic acids is 1. The number of fused-ring (bicyclic) bond motifs is 2. The number of halogens is 4. The van der Waals surface area contributed by atoms with Gasteiger partial charge in [-0.3, -0.25) is 14.6 Å². The van der Waals surface area contributed by atoms with Crippen LogP contribution in [0.4, 0.5) is 13.2 Å². The van der Waals surface area contributed by atoms with E-state index in [9.17, 15) is 27.9 Å². The second kappa shape index (κ2) is 10.4. The number of carboxylic acids is 1. The summed E-state index contributed by atoms with van der Waals surface area (Å²) in [5.41, 5.74) is -0.628. The Hall–Kier alpha value is -3.40. The Balaban J connectivity index is 1.49. The van der Waals surface area contributed by atoms with Crippen LogP contribution in [-0.2, 0) is 17.5 Å². The molecule has 38 heavy (non-hydrogen) atoms. The van der Waals surface area contributed by atoms with Gasteiger partial charge in [-0.1, -0.05) is 40.2 Å². The molecule has 2 heterocycles. The maximum absolute atomic E-state index is 14.3. The van der Waals surface area contributed by atoms with Crippen molar-refractivity contribution in [2.24, 2.45) is 11.8 Å². The summed E-state index contributed by atoms with van der Waals surface area (Å²) in [4.78, 5) is 29.1. The van der Waals surface area contributed by atoms with Crippen LogP contribution in [0.3, 0.4) is 0 Å². The van der Waals surface area contributed by atoms with Crippen LogP contribution in [0.5, 0.6) is 0 Å². The third-order valence-corrected chi connectivity index (χ3v) is 7.91. The van der Waals surface area contributed by atoms with Gasteiger partial charge in [0.15, 0.2) is 0 Å². The molecule has 5 rings (SSSR count). The van der Waals surface area contributed by atoms with E-state index in [-0.39, 0.29) is 29.0 Å². The Morgan fingerprint density at radius 1 is 1.05 bits per heavy atom. The van der Waals surface area contributed by atoms with E-state index in [1.54, 1.807) is 23.0 Å². The van der Waals surface area contributed by atoms with Gasteiger partial charge in [0.25, 0.3) is 5.91 Å². The molecule has 4 aromatic rings. The Labute approximate surface area is 225 Å². The van der Waals surface area contributed by atoms with E-state index in [0.717, 1.165) is 10.8 Å². The van der Waals surface area contributed by atoms with Crippen LogP contribution in [0, 0.1) is 11.8 Å². The number of nitrogens with one attached hydrogen (secondary N) is 1. The van der Waals surface area contributed by atoms with Crippen LogP contribution in [0.25, 0.3) is 21.7 Å². The van der Waals surface area contributed by atoms with Crippen molar-refractivity contribution < 1.29 is 27.9 Å². The summed E-state index contributed by atoms with van der Waals surface area (Å²) in [6.07, 6.45) is 0.801. The number of pyridine rings is 1. The van der Waals surface area contributed by atoms with Crippen LogP contribution < -0.4 is 5.32 Å². The standard InChI is InChI=1S/C28H25BrF3N3O3/c29-22-12-19-9-10-35(15-21-11-18-3-1-2-4-20(18)14-33-21)25(19)23(24(22)28(30,31)32)26(36)34-13-16-5-7-17(8-6-16)27(37)38/h1-4,9-12,14,16-17H,5-8,13,15H2,(H,34,36)(H,37,38). The predicted molar refractivity (Wildman–Crippen MR) is 141 cm³/mol. The summed E-state index contributed by atoms with van der Waals surface area (Å²) in [5.74, 6) is -2.04. The second-order valence-corrected chi connectivity index (χ2v) is 10.6. The topological polar surface area (TPSA) is 84.2 Å². The number of amides is 1. The van der Waals surface area contributed by atoms with E-state index in [2.05, 4.69) is 26.2 Å². The van der Waals surface area contributed by atoms with Crippen LogP contribution in [0.15, 0.2) is 59.3 Å². The summed E-state index contributed by atoms with van der Waals surface area (Å²) in [7, 11) is 0. The molecule has 0 unspecified atom stereocenters. The molecule has 0 aliphatic heterocycles. The lowest BCUT2D eigenvalue weighted by atomic mass is 9.82. The summed E-state index contributed by atoms with van der Waals surface area (Å²) >= 11 is 3.05. The molecule has 0 bridgehead atoms. The average molecular weight is 588 g/mol. The first-order valence-electron chi connectivity index (χ1n) is 12.3. The summed E-state index contributed by atoms with van der Waals surface area (Å²) in [5, 5.41) is 14.3. The normalized spacial score (nSPS) is 18.1. The fourth-order valence-electron chi connectivity index (χ4n) is 5.30. The summed E-state index contributed by atoms with van der Waals surface area (Å²) in [6.45, 7) is 0.371. The smallest absolute Gasteiger partial charge is 0.418 e. The zero-order chi connectivity index (χ0) is 27.0. The number of nitrogens with zero attached hydrogens (tertiary/aromatic N) is 2. The Bertz CT molecular complexity index is 1520. The molecule has 1 amide bonds. The largest absolute Gasteiger partial charge is 0.481 e. The van der Waals surface area contributed by atoms with Crippen molar-refractivity contribution in [3.8, 4) is 0 Å². The molecule has 10 heteroatoms. The Morgan fingerprint density at radius 2 is 1.76 bits per heavy atom. The molecule has 2 aromatic carbocycles. The molecule has 0 saturated heterocycles. The number of carbonyl (C=O) groups excluding carboxylic acids is 1. The Kier molecular flexibility index (Phi) is 7.17. The van der Waals surface area contributed by atoms with Gasteiger partial charge in [-0.2, -0.15) is 13.2 Å². The third kappa shape index (κ3) is 5.27. The van der Waals surface area contributed by atoms with Gasteiger partial charge in [0.1, 0.15) is 0 Å². The minimum atomic E-state index is -4.77. The highest BCUT2D eigenvalue weighted by atomic mass is 79.9. The zero-order valence-electron chi connectivity index (χ0n) is 20.3. The van der Waals surface area contributed by atoms with Crippen molar-refractivity contribution in [2.75, 3.05) is 6.54 Å². The summed E-state index contributed by atoms with van der Waals surface area (Å²) in [6, 6.07) is 12.6. The number of aromatic nitrogens is 2. The molecular formula is C28H25BrF3N3O3. The Morgan fingerprint density at radius 3 is 2.45 bits per heavy atom. The van der Waals surface area contributed by atoms with E-state index in [0.29, 0.717) is 36.8 Å². The maximum atomic E-state index is 14.3. The fraction of sp³-hybridized carbons (Fsp3) is 0.321. The molecule has 1 saturated carbocycles. The molecule has 2 aromatic heterocycles. The van der Waals surface area contributed by atoms with E-state index < -0.39 is 35.1 Å². The first-order chi connectivity index (χ1) is 18.1. The molecule has 198 valence electrons.